The third-order valence-corrected chi connectivity index (χ3v) is 5.13. The molecule has 0 heterocycles. The zero-order valence-electron chi connectivity index (χ0n) is 11.8. The van der Waals surface area contributed by atoms with Crippen LogP contribution in [0.5, 0.6) is 0 Å². The number of halogens is 2. The minimum atomic E-state index is -0.723. The molecule has 2 rings (SSSR count). The highest BCUT2D eigenvalue weighted by atomic mass is 79.9. The Morgan fingerprint density at radius 2 is 1.76 bits per heavy atom. The molecule has 3 nitrogen and oxygen atoms in total. The highest BCUT2D eigenvalue weighted by Crippen LogP contribution is 2.28. The largest absolute Gasteiger partial charge is 0.334 e. The van der Waals surface area contributed by atoms with Crippen LogP contribution in [-0.4, -0.2) is 11.4 Å². The van der Waals surface area contributed by atoms with E-state index in [1.165, 1.54) is 6.42 Å². The van der Waals surface area contributed by atoms with Crippen LogP contribution in [0.25, 0.3) is 0 Å². The standard InChI is InChI=1S/C16H18Br2N2O/c17-12-6-7-14(18)13(10-12)15(21)20-16(11-19)8-4-2-1-3-5-9-16/h6-7,10H,1-5,8-9H2,(H,20,21). The molecule has 0 unspecified atom stereocenters. The van der Waals surface area contributed by atoms with Crippen molar-refractivity contribution in [3.63, 3.8) is 0 Å². The van der Waals surface area contributed by atoms with E-state index in [0.29, 0.717) is 5.56 Å². The van der Waals surface area contributed by atoms with Crippen molar-refractivity contribution in [1.29, 1.82) is 5.26 Å². The molecular weight excluding hydrogens is 396 g/mol. The quantitative estimate of drug-likeness (QED) is 0.745. The summed E-state index contributed by atoms with van der Waals surface area (Å²) in [4.78, 5) is 12.5. The molecule has 0 spiro atoms. The predicted molar refractivity (Wildman–Crippen MR) is 90.0 cm³/mol. The van der Waals surface area contributed by atoms with Gasteiger partial charge in [0, 0.05) is 8.95 Å². The lowest BCUT2D eigenvalue weighted by Crippen LogP contribution is -2.47. The Bertz CT molecular complexity index is 558. The molecule has 0 atom stereocenters. The lowest BCUT2D eigenvalue weighted by Gasteiger charge is -2.30. The van der Waals surface area contributed by atoms with Crippen molar-refractivity contribution in [1.82, 2.24) is 5.32 Å². The second kappa shape index (κ2) is 7.42. The third kappa shape index (κ3) is 4.31. The van der Waals surface area contributed by atoms with Crippen LogP contribution in [0.1, 0.15) is 55.3 Å². The molecule has 1 amide bonds. The third-order valence-electron chi connectivity index (χ3n) is 3.95. The van der Waals surface area contributed by atoms with Crippen molar-refractivity contribution in [2.24, 2.45) is 0 Å². The Morgan fingerprint density at radius 1 is 1.14 bits per heavy atom. The van der Waals surface area contributed by atoms with E-state index < -0.39 is 5.54 Å². The average molecular weight is 414 g/mol. The normalized spacial score (nSPS) is 18.1. The Balaban J connectivity index is 2.18. The van der Waals surface area contributed by atoms with Crippen LogP contribution in [-0.2, 0) is 0 Å². The summed E-state index contributed by atoms with van der Waals surface area (Å²) in [6.45, 7) is 0. The molecule has 0 aliphatic heterocycles. The Labute approximate surface area is 142 Å². The first-order valence-electron chi connectivity index (χ1n) is 7.25. The number of amides is 1. The molecule has 21 heavy (non-hydrogen) atoms. The van der Waals surface area contributed by atoms with Crippen LogP contribution in [0.15, 0.2) is 27.1 Å². The molecule has 1 aliphatic rings. The molecule has 0 radical (unpaired) electrons. The van der Waals surface area contributed by atoms with Gasteiger partial charge in [-0.2, -0.15) is 5.26 Å². The molecule has 1 aliphatic carbocycles. The van der Waals surface area contributed by atoms with Crippen molar-refractivity contribution in [3.8, 4) is 6.07 Å². The van der Waals surface area contributed by atoms with E-state index in [1.54, 1.807) is 6.07 Å². The van der Waals surface area contributed by atoms with Crippen LogP contribution in [0.4, 0.5) is 0 Å². The Hall–Kier alpha value is -0.860. The van der Waals surface area contributed by atoms with E-state index in [2.05, 4.69) is 43.2 Å². The van der Waals surface area contributed by atoms with E-state index in [-0.39, 0.29) is 5.91 Å². The number of nitriles is 1. The van der Waals surface area contributed by atoms with Crippen LogP contribution >= 0.6 is 31.9 Å². The first kappa shape index (κ1) is 16.5. The lowest BCUT2D eigenvalue weighted by molar-refractivity contribution is 0.0907. The number of benzene rings is 1. The SMILES string of the molecule is N#CC1(NC(=O)c2cc(Br)ccc2Br)CCCCCCC1. The highest BCUT2D eigenvalue weighted by Gasteiger charge is 2.32. The van der Waals surface area contributed by atoms with Gasteiger partial charge in [-0.05, 0) is 47.0 Å². The zero-order valence-corrected chi connectivity index (χ0v) is 15.0. The summed E-state index contributed by atoms with van der Waals surface area (Å²) in [5, 5.41) is 12.6. The van der Waals surface area contributed by atoms with Crippen molar-refractivity contribution in [2.75, 3.05) is 0 Å². The minimum absolute atomic E-state index is 0.190. The maximum absolute atomic E-state index is 12.5. The van der Waals surface area contributed by atoms with Gasteiger partial charge in [0.2, 0.25) is 0 Å². The molecule has 1 fully saturated rings. The summed E-state index contributed by atoms with van der Waals surface area (Å²) in [6, 6.07) is 7.83. The fourth-order valence-corrected chi connectivity index (χ4v) is 3.52. The van der Waals surface area contributed by atoms with E-state index in [1.807, 2.05) is 12.1 Å². The summed E-state index contributed by atoms with van der Waals surface area (Å²) in [5.74, 6) is -0.190. The molecule has 1 aromatic carbocycles. The predicted octanol–water partition coefficient (Wildman–Crippen LogP) is 4.95. The Morgan fingerprint density at radius 3 is 2.38 bits per heavy atom. The number of nitrogens with zero attached hydrogens (tertiary/aromatic N) is 1. The smallest absolute Gasteiger partial charge is 0.253 e. The summed E-state index contributed by atoms with van der Waals surface area (Å²) < 4.78 is 1.58. The van der Waals surface area contributed by atoms with Gasteiger partial charge in [-0.1, -0.05) is 48.0 Å². The lowest BCUT2D eigenvalue weighted by atomic mass is 9.85. The fourth-order valence-electron chi connectivity index (χ4n) is 2.73. The van der Waals surface area contributed by atoms with Crippen LogP contribution in [0.3, 0.4) is 0 Å². The van der Waals surface area contributed by atoms with Gasteiger partial charge in [-0.3, -0.25) is 4.79 Å². The van der Waals surface area contributed by atoms with E-state index in [9.17, 15) is 10.1 Å². The van der Waals surface area contributed by atoms with E-state index in [4.69, 9.17) is 0 Å². The topological polar surface area (TPSA) is 52.9 Å². The Kier molecular flexibility index (Phi) is 5.83. The zero-order chi connectivity index (χ0) is 15.3. The molecule has 0 aromatic heterocycles. The second-order valence-electron chi connectivity index (χ2n) is 5.54. The van der Waals surface area contributed by atoms with Crippen molar-refractivity contribution < 1.29 is 4.79 Å². The number of nitrogens with one attached hydrogen (secondary N) is 1. The monoisotopic (exact) mass is 412 g/mol. The molecule has 112 valence electrons. The van der Waals surface area contributed by atoms with Crippen molar-refractivity contribution >= 4 is 37.8 Å². The molecular formula is C16H18Br2N2O. The van der Waals surface area contributed by atoms with Crippen LogP contribution in [0.2, 0.25) is 0 Å². The van der Waals surface area contributed by atoms with Gasteiger partial charge in [0.1, 0.15) is 5.54 Å². The highest BCUT2D eigenvalue weighted by molar-refractivity contribution is 9.11. The average Bonchev–Trinajstić information content (AvgIpc) is 2.44. The van der Waals surface area contributed by atoms with E-state index in [0.717, 1.165) is 47.5 Å². The van der Waals surface area contributed by atoms with Gasteiger partial charge < -0.3 is 5.32 Å². The number of carbonyl (C=O) groups excluding carboxylic acids is 1. The van der Waals surface area contributed by atoms with Crippen molar-refractivity contribution in [3.05, 3.63) is 32.7 Å². The van der Waals surface area contributed by atoms with Crippen molar-refractivity contribution in [2.45, 2.75) is 50.5 Å². The molecule has 0 saturated heterocycles. The van der Waals surface area contributed by atoms with E-state index >= 15 is 0 Å². The maximum atomic E-state index is 12.5. The molecule has 1 saturated carbocycles. The minimum Gasteiger partial charge on any atom is -0.334 e. The number of hydrogen-bond donors (Lipinski definition) is 1. The molecule has 0 bridgehead atoms. The number of carbonyl (C=O) groups is 1. The summed E-state index contributed by atoms with van der Waals surface area (Å²) in [5.41, 5.74) is -0.166. The molecule has 1 aromatic rings. The summed E-state index contributed by atoms with van der Waals surface area (Å²) in [6.07, 6.45) is 6.97. The summed E-state index contributed by atoms with van der Waals surface area (Å²) in [7, 11) is 0. The molecule has 1 N–H and O–H groups in total. The first-order valence-corrected chi connectivity index (χ1v) is 8.84. The van der Waals surface area contributed by atoms with Crippen LogP contribution < -0.4 is 5.32 Å². The van der Waals surface area contributed by atoms with Gasteiger partial charge in [-0.25, -0.2) is 0 Å². The number of hydrogen-bond acceptors (Lipinski definition) is 2. The van der Waals surface area contributed by atoms with Gasteiger partial charge >= 0.3 is 0 Å². The summed E-state index contributed by atoms with van der Waals surface area (Å²) >= 11 is 6.78. The van der Waals surface area contributed by atoms with Gasteiger partial charge in [-0.15, -0.1) is 0 Å². The number of rotatable bonds is 2. The van der Waals surface area contributed by atoms with Gasteiger partial charge in [0.15, 0.2) is 0 Å². The second-order valence-corrected chi connectivity index (χ2v) is 7.31. The van der Waals surface area contributed by atoms with Gasteiger partial charge in [0.25, 0.3) is 5.91 Å². The maximum Gasteiger partial charge on any atom is 0.253 e. The van der Waals surface area contributed by atoms with Gasteiger partial charge in [0.05, 0.1) is 11.6 Å². The van der Waals surface area contributed by atoms with Crippen LogP contribution in [0, 0.1) is 11.3 Å². The first-order chi connectivity index (χ1) is 10.1. The fraction of sp³-hybridized carbons (Fsp3) is 0.500. The molecule has 5 heteroatoms.